The van der Waals surface area contributed by atoms with Gasteiger partial charge >= 0.3 is 5.97 Å². The second-order valence-electron chi connectivity index (χ2n) is 6.58. The van der Waals surface area contributed by atoms with Gasteiger partial charge in [-0.05, 0) is 60.7 Å². The maximum Gasteiger partial charge on any atom is 0.326 e. The van der Waals surface area contributed by atoms with E-state index >= 15 is 0 Å². The molecule has 0 radical (unpaired) electrons. The third-order valence-corrected chi connectivity index (χ3v) is 5.16. The summed E-state index contributed by atoms with van der Waals surface area (Å²) in [6, 6.07) is 9.28. The second kappa shape index (κ2) is 8.57. The van der Waals surface area contributed by atoms with Crippen LogP contribution in [0.15, 0.2) is 35.2 Å². The van der Waals surface area contributed by atoms with E-state index in [0.717, 1.165) is 27.4 Å². The van der Waals surface area contributed by atoms with E-state index in [1.54, 1.807) is 33.1 Å². The summed E-state index contributed by atoms with van der Waals surface area (Å²) in [5, 5.41) is 1.23. The molecule has 2 aromatic rings. The van der Waals surface area contributed by atoms with Crippen molar-refractivity contribution in [1.29, 1.82) is 0 Å². The fourth-order valence-electron chi connectivity index (χ4n) is 2.95. The Morgan fingerprint density at radius 1 is 1.14 bits per heavy atom. The molecule has 7 nitrogen and oxygen atoms in total. The largest absolute Gasteiger partial charge is 0.497 e. The first-order chi connectivity index (χ1) is 13.8. The van der Waals surface area contributed by atoms with E-state index in [0.29, 0.717) is 17.1 Å². The SMILES string of the molecule is COc1ccc2ccc(OC)c(/C=C3/SC(=O)N(CC(=O)OC(C)C)C3=O)c2c1. The number of esters is 1. The Morgan fingerprint density at radius 2 is 1.86 bits per heavy atom. The number of rotatable bonds is 6. The maximum absolute atomic E-state index is 12.7. The first kappa shape index (κ1) is 20.7. The van der Waals surface area contributed by atoms with E-state index in [9.17, 15) is 14.4 Å². The summed E-state index contributed by atoms with van der Waals surface area (Å²) in [5.74, 6) is 0.0420. The Morgan fingerprint density at radius 3 is 2.52 bits per heavy atom. The quantitative estimate of drug-likeness (QED) is 0.524. The predicted octanol–water partition coefficient (Wildman–Crippen LogP) is 3.84. The van der Waals surface area contributed by atoms with Crippen LogP contribution in [-0.4, -0.2) is 48.9 Å². The van der Waals surface area contributed by atoms with Crippen molar-refractivity contribution in [2.24, 2.45) is 0 Å². The predicted molar refractivity (Wildman–Crippen MR) is 111 cm³/mol. The van der Waals surface area contributed by atoms with E-state index < -0.39 is 23.7 Å². The summed E-state index contributed by atoms with van der Waals surface area (Å²) in [5.41, 5.74) is 0.652. The molecular formula is C21H21NO6S. The van der Waals surface area contributed by atoms with E-state index in [-0.39, 0.29) is 11.0 Å². The number of imide groups is 1. The Labute approximate surface area is 172 Å². The van der Waals surface area contributed by atoms with E-state index in [4.69, 9.17) is 14.2 Å². The standard InChI is InChI=1S/C21H21NO6S/c1-12(2)28-19(23)11-22-20(24)18(29-21(22)25)10-16-15-9-14(26-3)7-5-13(15)6-8-17(16)27-4/h5-10,12H,11H2,1-4H3/b18-10+. The van der Waals surface area contributed by atoms with Crippen LogP contribution >= 0.6 is 11.8 Å². The molecule has 2 amide bonds. The molecule has 0 N–H and O–H groups in total. The molecule has 0 aromatic heterocycles. The third kappa shape index (κ3) is 4.37. The molecule has 1 heterocycles. The summed E-state index contributed by atoms with van der Waals surface area (Å²) >= 11 is 0.779. The number of carbonyl (C=O) groups is 3. The van der Waals surface area contributed by atoms with Crippen molar-refractivity contribution < 1.29 is 28.6 Å². The van der Waals surface area contributed by atoms with Crippen LogP contribution in [0, 0.1) is 0 Å². The number of amides is 2. The molecule has 0 spiro atoms. The zero-order chi connectivity index (χ0) is 21.1. The molecule has 0 unspecified atom stereocenters. The van der Waals surface area contributed by atoms with Crippen molar-refractivity contribution in [1.82, 2.24) is 4.90 Å². The highest BCUT2D eigenvalue weighted by atomic mass is 32.2. The lowest BCUT2D eigenvalue weighted by atomic mass is 10.0. The van der Waals surface area contributed by atoms with Gasteiger partial charge in [-0.1, -0.05) is 12.1 Å². The molecule has 8 heteroatoms. The molecule has 1 fully saturated rings. The van der Waals surface area contributed by atoms with Gasteiger partial charge in [0.25, 0.3) is 11.1 Å². The molecule has 29 heavy (non-hydrogen) atoms. The van der Waals surface area contributed by atoms with Crippen molar-refractivity contribution in [3.05, 3.63) is 40.8 Å². The van der Waals surface area contributed by atoms with Crippen LogP contribution in [0.3, 0.4) is 0 Å². The molecule has 1 aliphatic heterocycles. The van der Waals surface area contributed by atoms with Crippen LogP contribution in [0.4, 0.5) is 4.79 Å². The van der Waals surface area contributed by atoms with Crippen molar-refractivity contribution in [3.63, 3.8) is 0 Å². The lowest BCUT2D eigenvalue weighted by Crippen LogP contribution is -2.35. The van der Waals surface area contributed by atoms with Gasteiger partial charge in [-0.15, -0.1) is 0 Å². The fraction of sp³-hybridized carbons (Fsp3) is 0.286. The van der Waals surface area contributed by atoms with Crippen LogP contribution in [0.1, 0.15) is 19.4 Å². The van der Waals surface area contributed by atoms with E-state index in [1.165, 1.54) is 7.11 Å². The topological polar surface area (TPSA) is 82.1 Å². The molecule has 1 aliphatic rings. The molecule has 0 aliphatic carbocycles. The minimum absolute atomic E-state index is 0.209. The molecule has 2 aromatic carbocycles. The van der Waals surface area contributed by atoms with Crippen molar-refractivity contribution in [2.75, 3.05) is 20.8 Å². The van der Waals surface area contributed by atoms with Crippen LogP contribution in [0.2, 0.25) is 0 Å². The average Bonchev–Trinajstić information content (AvgIpc) is 2.94. The van der Waals surface area contributed by atoms with Crippen molar-refractivity contribution >= 4 is 45.7 Å². The maximum atomic E-state index is 12.7. The van der Waals surface area contributed by atoms with Crippen LogP contribution < -0.4 is 9.47 Å². The molecule has 0 saturated carbocycles. The number of benzene rings is 2. The van der Waals surface area contributed by atoms with Gasteiger partial charge < -0.3 is 14.2 Å². The zero-order valence-corrected chi connectivity index (χ0v) is 17.4. The number of ether oxygens (including phenoxy) is 3. The van der Waals surface area contributed by atoms with Gasteiger partial charge in [0.15, 0.2) is 0 Å². The molecule has 3 rings (SSSR count). The highest BCUT2D eigenvalue weighted by molar-refractivity contribution is 8.18. The third-order valence-electron chi connectivity index (χ3n) is 4.25. The monoisotopic (exact) mass is 415 g/mol. The number of carbonyl (C=O) groups excluding carboxylic acids is 3. The van der Waals surface area contributed by atoms with E-state index in [2.05, 4.69) is 0 Å². The van der Waals surface area contributed by atoms with Gasteiger partial charge in [0, 0.05) is 5.56 Å². The zero-order valence-electron chi connectivity index (χ0n) is 16.6. The molecule has 152 valence electrons. The first-order valence-electron chi connectivity index (χ1n) is 8.93. The van der Waals surface area contributed by atoms with Crippen molar-refractivity contribution in [3.8, 4) is 11.5 Å². The first-order valence-corrected chi connectivity index (χ1v) is 9.75. The minimum atomic E-state index is -0.629. The number of hydrogen-bond donors (Lipinski definition) is 0. The number of methoxy groups -OCH3 is 2. The molecule has 1 saturated heterocycles. The Bertz CT molecular complexity index is 1010. The summed E-state index contributed by atoms with van der Waals surface area (Å²) in [6.07, 6.45) is 1.28. The van der Waals surface area contributed by atoms with Gasteiger partial charge in [0.05, 0.1) is 25.2 Å². The number of hydrogen-bond acceptors (Lipinski definition) is 7. The van der Waals surface area contributed by atoms with Crippen molar-refractivity contribution in [2.45, 2.75) is 20.0 Å². The summed E-state index contributed by atoms with van der Waals surface area (Å²) in [4.78, 5) is 38.0. The lowest BCUT2D eigenvalue weighted by Gasteiger charge is -2.13. The minimum Gasteiger partial charge on any atom is -0.497 e. The Hall–Kier alpha value is -3.00. The smallest absolute Gasteiger partial charge is 0.326 e. The Balaban J connectivity index is 1.99. The van der Waals surface area contributed by atoms with Crippen LogP contribution in [0.25, 0.3) is 16.8 Å². The summed E-state index contributed by atoms with van der Waals surface area (Å²) in [6.45, 7) is 2.99. The van der Waals surface area contributed by atoms with Crippen LogP contribution in [-0.2, 0) is 14.3 Å². The Kier molecular flexibility index (Phi) is 6.12. The van der Waals surface area contributed by atoms with E-state index in [1.807, 2.05) is 24.3 Å². The second-order valence-corrected chi connectivity index (χ2v) is 7.57. The van der Waals surface area contributed by atoms with Gasteiger partial charge in [-0.3, -0.25) is 19.3 Å². The summed E-state index contributed by atoms with van der Waals surface area (Å²) < 4.78 is 15.8. The molecule has 0 atom stereocenters. The highest BCUT2D eigenvalue weighted by Crippen LogP contribution is 2.37. The normalized spacial score (nSPS) is 15.5. The number of fused-ring (bicyclic) bond motifs is 1. The average molecular weight is 415 g/mol. The number of thioether (sulfide) groups is 1. The fourth-order valence-corrected chi connectivity index (χ4v) is 3.77. The number of nitrogens with zero attached hydrogens (tertiary/aromatic N) is 1. The lowest BCUT2D eigenvalue weighted by molar-refractivity contribution is -0.149. The highest BCUT2D eigenvalue weighted by Gasteiger charge is 2.37. The van der Waals surface area contributed by atoms with Gasteiger partial charge in [-0.25, -0.2) is 0 Å². The molecule has 0 bridgehead atoms. The molecular weight excluding hydrogens is 394 g/mol. The van der Waals surface area contributed by atoms with Gasteiger partial charge in [0.2, 0.25) is 0 Å². The van der Waals surface area contributed by atoms with Gasteiger partial charge in [-0.2, -0.15) is 0 Å². The van der Waals surface area contributed by atoms with Gasteiger partial charge in [0.1, 0.15) is 18.0 Å². The van der Waals surface area contributed by atoms with Crippen LogP contribution in [0.5, 0.6) is 11.5 Å². The summed E-state index contributed by atoms with van der Waals surface area (Å²) in [7, 11) is 3.11.